The number of anilines is 2. The van der Waals surface area contributed by atoms with Gasteiger partial charge in [-0.15, -0.1) is 0 Å². The summed E-state index contributed by atoms with van der Waals surface area (Å²) in [5.74, 6) is 0. The van der Waals surface area contributed by atoms with Gasteiger partial charge in [-0.2, -0.15) is 0 Å². The molecule has 0 atom stereocenters. The fraction of sp³-hybridized carbons (Fsp3) is 0.172. The SMILES string of the molecule is Cc1ccccc1-n1c2ccccc2c2c(Nc3cccc4c3CCCC4)cccc21. The van der Waals surface area contributed by atoms with Crippen LogP contribution in [0, 0.1) is 6.92 Å². The average molecular weight is 403 g/mol. The number of para-hydroxylation sites is 2. The first-order valence-corrected chi connectivity index (χ1v) is 11.3. The molecule has 0 radical (unpaired) electrons. The van der Waals surface area contributed by atoms with Crippen molar-refractivity contribution < 1.29 is 0 Å². The first-order valence-electron chi connectivity index (χ1n) is 11.3. The largest absolute Gasteiger partial charge is 0.355 e. The lowest BCUT2D eigenvalue weighted by atomic mass is 9.90. The predicted molar refractivity (Wildman–Crippen MR) is 132 cm³/mol. The smallest absolute Gasteiger partial charge is 0.0562 e. The van der Waals surface area contributed by atoms with Crippen LogP contribution in [0.3, 0.4) is 0 Å². The van der Waals surface area contributed by atoms with E-state index in [0.29, 0.717) is 0 Å². The third-order valence-electron chi connectivity index (χ3n) is 6.72. The van der Waals surface area contributed by atoms with Gasteiger partial charge in [-0.3, -0.25) is 0 Å². The summed E-state index contributed by atoms with van der Waals surface area (Å²) in [6, 6.07) is 30.8. The van der Waals surface area contributed by atoms with E-state index in [2.05, 4.69) is 102 Å². The molecule has 0 saturated heterocycles. The van der Waals surface area contributed by atoms with E-state index in [1.165, 1.54) is 81.2 Å². The molecule has 2 nitrogen and oxygen atoms in total. The molecule has 0 bridgehead atoms. The number of benzene rings is 4. The van der Waals surface area contributed by atoms with E-state index >= 15 is 0 Å². The summed E-state index contributed by atoms with van der Waals surface area (Å²) in [7, 11) is 0. The molecule has 0 saturated carbocycles. The summed E-state index contributed by atoms with van der Waals surface area (Å²) in [5, 5.41) is 6.41. The van der Waals surface area contributed by atoms with Crippen molar-refractivity contribution in [1.29, 1.82) is 0 Å². The van der Waals surface area contributed by atoms with Crippen LogP contribution in [0.5, 0.6) is 0 Å². The van der Waals surface area contributed by atoms with Gasteiger partial charge in [-0.1, -0.05) is 54.6 Å². The quantitative estimate of drug-likeness (QED) is 0.327. The Morgan fingerprint density at radius 1 is 0.677 bits per heavy atom. The molecule has 4 aromatic carbocycles. The fourth-order valence-corrected chi connectivity index (χ4v) is 5.24. The van der Waals surface area contributed by atoms with E-state index < -0.39 is 0 Å². The van der Waals surface area contributed by atoms with Gasteiger partial charge in [0.15, 0.2) is 0 Å². The maximum atomic E-state index is 3.83. The van der Waals surface area contributed by atoms with Crippen LogP contribution in [0.4, 0.5) is 11.4 Å². The van der Waals surface area contributed by atoms with Crippen LogP contribution in [-0.4, -0.2) is 4.57 Å². The number of nitrogens with zero attached hydrogens (tertiary/aromatic N) is 1. The minimum atomic E-state index is 1.17. The van der Waals surface area contributed by atoms with E-state index in [1.54, 1.807) is 0 Å². The molecule has 2 heteroatoms. The second kappa shape index (κ2) is 7.31. The van der Waals surface area contributed by atoms with Gasteiger partial charge in [0, 0.05) is 27.8 Å². The highest BCUT2D eigenvalue weighted by atomic mass is 15.0. The Labute approximate surface area is 183 Å². The van der Waals surface area contributed by atoms with Gasteiger partial charge in [0.2, 0.25) is 0 Å². The molecule has 5 aromatic rings. The Hall–Kier alpha value is -3.52. The Balaban J connectivity index is 1.60. The number of hydrogen-bond donors (Lipinski definition) is 1. The Morgan fingerprint density at radius 2 is 1.42 bits per heavy atom. The number of rotatable bonds is 3. The zero-order valence-electron chi connectivity index (χ0n) is 17.9. The van der Waals surface area contributed by atoms with Crippen LogP contribution in [0.25, 0.3) is 27.5 Å². The molecule has 0 aliphatic heterocycles. The Kier molecular flexibility index (Phi) is 4.31. The lowest BCUT2D eigenvalue weighted by Gasteiger charge is -2.20. The molecule has 1 N–H and O–H groups in total. The van der Waals surface area contributed by atoms with Gasteiger partial charge in [0.05, 0.1) is 11.0 Å². The Morgan fingerprint density at radius 3 is 2.35 bits per heavy atom. The number of hydrogen-bond acceptors (Lipinski definition) is 1. The molecule has 1 aromatic heterocycles. The van der Waals surface area contributed by atoms with Crippen molar-refractivity contribution in [3.8, 4) is 5.69 Å². The zero-order valence-corrected chi connectivity index (χ0v) is 17.9. The summed E-state index contributed by atoms with van der Waals surface area (Å²) in [5.41, 5.74) is 10.4. The van der Waals surface area contributed by atoms with Crippen molar-refractivity contribution in [2.45, 2.75) is 32.6 Å². The molecule has 1 heterocycles. The standard InChI is InChI=1S/C29H26N2/c1-20-10-2-6-17-26(20)31-27-18-7-5-14-23(27)29-25(16-9-19-28(29)31)30-24-15-8-12-21-11-3-4-13-22(21)24/h2,5-10,12,14-19,30H,3-4,11,13H2,1H3. The van der Waals surface area contributed by atoms with E-state index in [0.717, 1.165) is 0 Å². The molecule has 0 unspecified atom stereocenters. The van der Waals surface area contributed by atoms with Crippen LogP contribution >= 0.6 is 0 Å². The summed E-state index contributed by atoms with van der Waals surface area (Å²) >= 11 is 0. The highest BCUT2D eigenvalue weighted by molar-refractivity contribution is 6.15. The van der Waals surface area contributed by atoms with E-state index in [-0.39, 0.29) is 0 Å². The molecule has 0 amide bonds. The van der Waals surface area contributed by atoms with Crippen LogP contribution < -0.4 is 5.32 Å². The van der Waals surface area contributed by atoms with E-state index in [4.69, 9.17) is 0 Å². The minimum Gasteiger partial charge on any atom is -0.355 e. The summed E-state index contributed by atoms with van der Waals surface area (Å²) in [6.07, 6.45) is 4.94. The van der Waals surface area contributed by atoms with Crippen LogP contribution in [0.1, 0.15) is 29.5 Å². The normalized spacial score (nSPS) is 13.5. The van der Waals surface area contributed by atoms with Crippen molar-refractivity contribution in [2.24, 2.45) is 0 Å². The maximum absolute atomic E-state index is 3.83. The third-order valence-corrected chi connectivity index (χ3v) is 6.72. The van der Waals surface area contributed by atoms with Gasteiger partial charge in [-0.05, 0) is 79.6 Å². The van der Waals surface area contributed by atoms with Crippen molar-refractivity contribution in [2.75, 3.05) is 5.32 Å². The first kappa shape index (κ1) is 18.3. The second-order valence-corrected chi connectivity index (χ2v) is 8.61. The summed E-state index contributed by atoms with van der Waals surface area (Å²) in [4.78, 5) is 0. The van der Waals surface area contributed by atoms with E-state index in [9.17, 15) is 0 Å². The molecule has 6 rings (SSSR count). The van der Waals surface area contributed by atoms with Crippen molar-refractivity contribution in [1.82, 2.24) is 4.57 Å². The summed E-state index contributed by atoms with van der Waals surface area (Å²) in [6.45, 7) is 2.19. The second-order valence-electron chi connectivity index (χ2n) is 8.61. The molecule has 1 aliphatic carbocycles. The van der Waals surface area contributed by atoms with Crippen molar-refractivity contribution >= 4 is 33.2 Å². The van der Waals surface area contributed by atoms with Gasteiger partial charge in [0.1, 0.15) is 0 Å². The van der Waals surface area contributed by atoms with Crippen molar-refractivity contribution in [3.63, 3.8) is 0 Å². The topological polar surface area (TPSA) is 17.0 Å². The van der Waals surface area contributed by atoms with Gasteiger partial charge >= 0.3 is 0 Å². The Bertz CT molecular complexity index is 1420. The predicted octanol–water partition coefficient (Wildman–Crippen LogP) is 7.71. The van der Waals surface area contributed by atoms with Crippen molar-refractivity contribution in [3.05, 3.63) is 102 Å². The van der Waals surface area contributed by atoms with Crippen LogP contribution in [0.15, 0.2) is 84.9 Å². The highest BCUT2D eigenvalue weighted by Crippen LogP contribution is 2.39. The molecule has 1 aliphatic rings. The van der Waals surface area contributed by atoms with Gasteiger partial charge in [-0.25, -0.2) is 0 Å². The number of aromatic nitrogens is 1. The average Bonchev–Trinajstić information content (AvgIpc) is 3.15. The maximum Gasteiger partial charge on any atom is 0.0562 e. The molecular weight excluding hydrogens is 376 g/mol. The van der Waals surface area contributed by atoms with E-state index in [1.807, 2.05) is 0 Å². The van der Waals surface area contributed by atoms with Crippen LogP contribution in [-0.2, 0) is 12.8 Å². The third kappa shape index (κ3) is 2.94. The molecular formula is C29H26N2. The molecule has 31 heavy (non-hydrogen) atoms. The molecule has 152 valence electrons. The summed E-state index contributed by atoms with van der Waals surface area (Å²) < 4.78 is 2.41. The van der Waals surface area contributed by atoms with Gasteiger partial charge in [0.25, 0.3) is 0 Å². The van der Waals surface area contributed by atoms with Gasteiger partial charge < -0.3 is 9.88 Å². The molecule has 0 spiro atoms. The number of nitrogens with one attached hydrogen (secondary N) is 1. The first-order chi connectivity index (χ1) is 15.3. The number of fused-ring (bicyclic) bond motifs is 4. The monoisotopic (exact) mass is 402 g/mol. The number of aryl methyl sites for hydroxylation is 2. The minimum absolute atomic E-state index is 1.17. The lowest BCUT2D eigenvalue weighted by molar-refractivity contribution is 0.687. The zero-order chi connectivity index (χ0) is 20.8. The fourth-order valence-electron chi connectivity index (χ4n) is 5.24. The highest BCUT2D eigenvalue weighted by Gasteiger charge is 2.18. The molecule has 0 fully saturated rings. The lowest BCUT2D eigenvalue weighted by Crippen LogP contribution is -2.06. The van der Waals surface area contributed by atoms with Crippen LogP contribution in [0.2, 0.25) is 0 Å².